The Balaban J connectivity index is 2.11. The van der Waals surface area contributed by atoms with Crippen LogP contribution in [0.2, 0.25) is 0 Å². The first-order valence-electron chi connectivity index (χ1n) is 7.06. The van der Waals surface area contributed by atoms with Crippen molar-refractivity contribution in [3.63, 3.8) is 0 Å². The van der Waals surface area contributed by atoms with E-state index in [-0.39, 0.29) is 11.5 Å². The molecule has 0 amide bonds. The molecule has 3 aromatic rings. The van der Waals surface area contributed by atoms with Gasteiger partial charge in [0.1, 0.15) is 22.8 Å². The van der Waals surface area contributed by atoms with Gasteiger partial charge in [-0.2, -0.15) is 0 Å². The summed E-state index contributed by atoms with van der Waals surface area (Å²) in [5, 5.41) is 10.6. The number of aromatic hydroxyl groups is 1. The van der Waals surface area contributed by atoms with Gasteiger partial charge in [0.25, 0.3) is 0 Å². The summed E-state index contributed by atoms with van der Waals surface area (Å²) in [6, 6.07) is 11.7. The van der Waals surface area contributed by atoms with Crippen molar-refractivity contribution in [1.82, 2.24) is 0 Å². The molecule has 0 saturated heterocycles. The minimum atomic E-state index is -0.194. The smallest absolute Gasteiger partial charge is 0.196 e. The molecule has 0 aliphatic carbocycles. The fourth-order valence-electron chi connectivity index (χ4n) is 2.43. The van der Waals surface area contributed by atoms with Gasteiger partial charge >= 0.3 is 0 Å². The lowest BCUT2D eigenvalue weighted by Crippen LogP contribution is -2.01. The molecule has 1 heterocycles. The maximum Gasteiger partial charge on any atom is 0.196 e. The highest BCUT2D eigenvalue weighted by Gasteiger charge is 2.17. The number of benzene rings is 2. The van der Waals surface area contributed by atoms with Gasteiger partial charge in [0.15, 0.2) is 5.78 Å². The lowest BCUT2D eigenvalue weighted by Gasteiger charge is -2.05. The number of carbonyl (C=O) groups excluding carboxylic acids is 1. The Morgan fingerprint density at radius 2 is 1.91 bits per heavy atom. The number of hydrogen-bond acceptors (Lipinski definition) is 4. The molecule has 1 N–H and O–H groups in total. The maximum absolute atomic E-state index is 12.7. The summed E-state index contributed by atoms with van der Waals surface area (Å²) in [5.74, 6) is 1.32. The number of methoxy groups -OCH3 is 1. The lowest BCUT2D eigenvalue weighted by molar-refractivity contribution is 0.103. The number of rotatable bonds is 4. The zero-order valence-corrected chi connectivity index (χ0v) is 12.4. The number of phenolic OH excluding ortho intramolecular Hbond substituents is 1. The SMILES string of the molecule is CCc1cc2cc(O)cc(C(=O)c3ccc(OC)cc3)c2o1. The molecule has 112 valence electrons. The van der Waals surface area contributed by atoms with Crippen LogP contribution in [0.4, 0.5) is 0 Å². The van der Waals surface area contributed by atoms with Gasteiger partial charge in [-0.25, -0.2) is 0 Å². The largest absolute Gasteiger partial charge is 0.508 e. The van der Waals surface area contributed by atoms with Crippen LogP contribution in [0.5, 0.6) is 11.5 Å². The molecule has 1 aromatic heterocycles. The highest BCUT2D eigenvalue weighted by atomic mass is 16.5. The van der Waals surface area contributed by atoms with Crippen LogP contribution < -0.4 is 4.74 Å². The van der Waals surface area contributed by atoms with Crippen molar-refractivity contribution >= 4 is 16.8 Å². The third kappa shape index (κ3) is 2.44. The molecule has 0 spiro atoms. The maximum atomic E-state index is 12.7. The van der Waals surface area contributed by atoms with Crippen molar-refractivity contribution in [2.75, 3.05) is 7.11 Å². The molecule has 0 saturated carbocycles. The molecule has 0 atom stereocenters. The van der Waals surface area contributed by atoms with Gasteiger partial charge in [-0.1, -0.05) is 6.92 Å². The summed E-state index contributed by atoms with van der Waals surface area (Å²) in [4.78, 5) is 12.7. The Kier molecular flexibility index (Phi) is 3.59. The van der Waals surface area contributed by atoms with Crippen LogP contribution >= 0.6 is 0 Å². The Bertz CT molecular complexity index is 828. The van der Waals surface area contributed by atoms with Gasteiger partial charge in [0.2, 0.25) is 0 Å². The first-order chi connectivity index (χ1) is 10.6. The molecule has 0 fully saturated rings. The summed E-state index contributed by atoms with van der Waals surface area (Å²) in [6.45, 7) is 1.97. The van der Waals surface area contributed by atoms with Gasteiger partial charge in [-0.05, 0) is 42.5 Å². The number of aryl methyl sites for hydroxylation is 1. The fourth-order valence-corrected chi connectivity index (χ4v) is 2.43. The Labute approximate surface area is 127 Å². The molecule has 0 aliphatic heterocycles. The summed E-state index contributed by atoms with van der Waals surface area (Å²) in [7, 11) is 1.57. The standard InChI is InChI=1S/C18H16O4/c1-3-14-9-12-8-13(19)10-16(18(12)22-14)17(20)11-4-6-15(21-2)7-5-11/h4-10,19H,3H2,1-2H3. The van der Waals surface area contributed by atoms with E-state index in [1.807, 2.05) is 13.0 Å². The second-order valence-electron chi connectivity index (χ2n) is 5.04. The third-order valence-electron chi connectivity index (χ3n) is 3.60. The van der Waals surface area contributed by atoms with Crippen molar-refractivity contribution in [1.29, 1.82) is 0 Å². The van der Waals surface area contributed by atoms with Crippen molar-refractivity contribution in [2.24, 2.45) is 0 Å². The van der Waals surface area contributed by atoms with Gasteiger partial charge < -0.3 is 14.3 Å². The van der Waals surface area contributed by atoms with E-state index in [1.165, 1.54) is 6.07 Å². The van der Waals surface area contributed by atoms with Crippen LogP contribution in [0, 0.1) is 0 Å². The molecule has 0 aliphatic rings. The van der Waals surface area contributed by atoms with E-state index < -0.39 is 0 Å². The van der Waals surface area contributed by atoms with Gasteiger partial charge in [0.05, 0.1) is 12.7 Å². The van der Waals surface area contributed by atoms with Crippen molar-refractivity contribution in [3.05, 3.63) is 59.4 Å². The minimum Gasteiger partial charge on any atom is -0.508 e. The summed E-state index contributed by atoms with van der Waals surface area (Å²) < 4.78 is 10.8. The number of hydrogen-bond donors (Lipinski definition) is 1. The molecule has 0 bridgehead atoms. The molecular formula is C18H16O4. The van der Waals surface area contributed by atoms with E-state index in [2.05, 4.69) is 0 Å². The summed E-state index contributed by atoms with van der Waals surface area (Å²) in [6.07, 6.45) is 0.728. The first-order valence-corrected chi connectivity index (χ1v) is 7.06. The van der Waals surface area contributed by atoms with Gasteiger partial charge in [0, 0.05) is 17.4 Å². The third-order valence-corrected chi connectivity index (χ3v) is 3.60. The minimum absolute atomic E-state index is 0.0489. The van der Waals surface area contributed by atoms with Gasteiger partial charge in [-0.3, -0.25) is 4.79 Å². The van der Waals surface area contributed by atoms with Crippen LogP contribution in [0.1, 0.15) is 28.6 Å². The molecule has 3 rings (SSSR count). The first kappa shape index (κ1) is 14.2. The summed E-state index contributed by atoms with van der Waals surface area (Å²) in [5.41, 5.74) is 1.39. The monoisotopic (exact) mass is 296 g/mol. The van der Waals surface area contributed by atoms with E-state index >= 15 is 0 Å². The van der Waals surface area contributed by atoms with Gasteiger partial charge in [-0.15, -0.1) is 0 Å². The fraction of sp³-hybridized carbons (Fsp3) is 0.167. The number of carbonyl (C=O) groups is 1. The topological polar surface area (TPSA) is 59.7 Å². The highest BCUT2D eigenvalue weighted by Crippen LogP contribution is 2.30. The van der Waals surface area contributed by atoms with Crippen LogP contribution in [0.3, 0.4) is 0 Å². The number of ketones is 1. The van der Waals surface area contributed by atoms with E-state index in [0.717, 1.165) is 17.6 Å². The molecule has 0 radical (unpaired) electrons. The van der Waals surface area contributed by atoms with E-state index in [0.29, 0.717) is 22.5 Å². The van der Waals surface area contributed by atoms with Crippen molar-refractivity contribution in [2.45, 2.75) is 13.3 Å². The Hall–Kier alpha value is -2.75. The van der Waals surface area contributed by atoms with Crippen LogP contribution in [-0.4, -0.2) is 18.0 Å². The molecule has 4 heteroatoms. The second-order valence-corrected chi connectivity index (χ2v) is 5.04. The average Bonchev–Trinajstić information content (AvgIpc) is 2.96. The quantitative estimate of drug-likeness (QED) is 0.741. The molecular weight excluding hydrogens is 280 g/mol. The Morgan fingerprint density at radius 3 is 2.55 bits per heavy atom. The number of ether oxygens (including phenoxy) is 1. The van der Waals surface area contributed by atoms with Crippen LogP contribution in [0.25, 0.3) is 11.0 Å². The molecule has 0 unspecified atom stereocenters. The second kappa shape index (κ2) is 5.56. The number of furan rings is 1. The van der Waals surface area contributed by atoms with Crippen LogP contribution in [-0.2, 0) is 6.42 Å². The predicted octanol–water partition coefficient (Wildman–Crippen LogP) is 3.94. The van der Waals surface area contributed by atoms with E-state index in [1.54, 1.807) is 37.4 Å². The zero-order valence-electron chi connectivity index (χ0n) is 12.4. The van der Waals surface area contributed by atoms with E-state index in [4.69, 9.17) is 9.15 Å². The average molecular weight is 296 g/mol. The van der Waals surface area contributed by atoms with Crippen molar-refractivity contribution in [3.8, 4) is 11.5 Å². The number of phenols is 1. The Morgan fingerprint density at radius 1 is 1.18 bits per heavy atom. The summed E-state index contributed by atoms with van der Waals surface area (Å²) >= 11 is 0. The normalized spacial score (nSPS) is 10.8. The predicted molar refractivity (Wildman–Crippen MR) is 83.7 cm³/mol. The van der Waals surface area contributed by atoms with Crippen molar-refractivity contribution < 1.29 is 19.1 Å². The highest BCUT2D eigenvalue weighted by molar-refractivity contribution is 6.15. The van der Waals surface area contributed by atoms with Crippen LogP contribution in [0.15, 0.2) is 46.9 Å². The lowest BCUT2D eigenvalue weighted by atomic mass is 10.0. The zero-order chi connectivity index (χ0) is 15.7. The molecule has 22 heavy (non-hydrogen) atoms. The van der Waals surface area contributed by atoms with E-state index in [9.17, 15) is 9.90 Å². The molecule has 4 nitrogen and oxygen atoms in total. The number of fused-ring (bicyclic) bond motifs is 1. The molecule has 2 aromatic carbocycles.